The third-order valence-corrected chi connectivity index (χ3v) is 11.1. The quantitative estimate of drug-likeness (QED) is 0.466. The normalized spacial score (nSPS) is 20.2. The van der Waals surface area contributed by atoms with Crippen molar-refractivity contribution >= 4 is 31.9 Å². The van der Waals surface area contributed by atoms with Gasteiger partial charge in [0.2, 0.25) is 31.9 Å². The van der Waals surface area contributed by atoms with Crippen molar-refractivity contribution in [3.8, 4) is 0 Å². The molecular formula is C30H36N4O6S2. The zero-order chi connectivity index (χ0) is 30.7. The molecule has 0 fully saturated rings. The number of hydrogen-bond donors (Lipinski definition) is 2. The molecule has 0 aliphatic carbocycles. The van der Waals surface area contributed by atoms with Crippen LogP contribution in [0.3, 0.4) is 0 Å². The molecule has 2 atom stereocenters. The van der Waals surface area contributed by atoms with Crippen LogP contribution in [0.5, 0.6) is 0 Å². The molecule has 42 heavy (non-hydrogen) atoms. The van der Waals surface area contributed by atoms with Gasteiger partial charge in [-0.2, -0.15) is 8.61 Å². The average Bonchev–Trinajstić information content (AvgIpc) is 2.96. The lowest BCUT2D eigenvalue weighted by Gasteiger charge is -2.28. The molecule has 1 aliphatic heterocycles. The highest BCUT2D eigenvalue weighted by molar-refractivity contribution is 7.89. The second-order valence-electron chi connectivity index (χ2n) is 10.5. The molecule has 2 bridgehead atoms. The molecule has 0 unspecified atom stereocenters. The van der Waals surface area contributed by atoms with Gasteiger partial charge in [0.25, 0.3) is 0 Å². The molecule has 1 aliphatic rings. The zero-order valence-corrected chi connectivity index (χ0v) is 25.7. The first-order valence-corrected chi connectivity index (χ1v) is 16.5. The largest absolute Gasteiger partial charge is 0.353 e. The van der Waals surface area contributed by atoms with Crippen molar-refractivity contribution in [3.05, 3.63) is 95.1 Å². The lowest BCUT2D eigenvalue weighted by molar-refractivity contribution is -0.126. The van der Waals surface area contributed by atoms with Crippen LogP contribution in [0, 0.1) is 13.8 Å². The van der Waals surface area contributed by atoms with E-state index in [1.54, 1.807) is 48.5 Å². The molecule has 2 amide bonds. The second kappa shape index (κ2) is 12.7. The van der Waals surface area contributed by atoms with Gasteiger partial charge in [0, 0.05) is 26.2 Å². The van der Waals surface area contributed by atoms with E-state index in [0.29, 0.717) is 11.1 Å². The number of rotatable bonds is 4. The summed E-state index contributed by atoms with van der Waals surface area (Å²) in [4.78, 5) is 26.3. The predicted octanol–water partition coefficient (Wildman–Crippen LogP) is 2.71. The third-order valence-electron chi connectivity index (χ3n) is 7.27. The van der Waals surface area contributed by atoms with Crippen molar-refractivity contribution in [1.29, 1.82) is 0 Å². The Labute approximate surface area is 247 Å². The Balaban J connectivity index is 1.77. The topological polar surface area (TPSA) is 133 Å². The smallest absolute Gasteiger partial charge is 0.244 e. The van der Waals surface area contributed by atoms with Gasteiger partial charge in [0.05, 0.1) is 9.79 Å². The molecule has 0 radical (unpaired) electrons. The maximum Gasteiger partial charge on any atom is 0.244 e. The van der Waals surface area contributed by atoms with Crippen molar-refractivity contribution in [2.24, 2.45) is 0 Å². The highest BCUT2D eigenvalue weighted by atomic mass is 32.2. The van der Waals surface area contributed by atoms with Crippen LogP contribution in [0.4, 0.5) is 0 Å². The molecule has 3 aromatic rings. The number of sulfonamides is 2. The Morgan fingerprint density at radius 3 is 1.33 bits per heavy atom. The molecule has 224 valence electrons. The van der Waals surface area contributed by atoms with Crippen molar-refractivity contribution in [1.82, 2.24) is 19.2 Å². The summed E-state index contributed by atoms with van der Waals surface area (Å²) in [5.74, 6) is -1.05. The van der Waals surface area contributed by atoms with Crippen LogP contribution in [0.1, 0.15) is 36.1 Å². The van der Waals surface area contributed by atoms with E-state index in [2.05, 4.69) is 10.6 Å². The summed E-state index contributed by atoms with van der Waals surface area (Å²) < 4.78 is 57.5. The first-order valence-electron chi connectivity index (χ1n) is 13.6. The summed E-state index contributed by atoms with van der Waals surface area (Å²) in [5.41, 5.74) is 2.90. The van der Waals surface area contributed by atoms with Gasteiger partial charge in [-0.05, 0) is 63.1 Å². The Kier molecular flexibility index (Phi) is 9.51. The van der Waals surface area contributed by atoms with Gasteiger partial charge in [0.15, 0.2) is 0 Å². The number of nitrogens with one attached hydrogen (secondary N) is 2. The SMILES string of the molecule is Cc1ccc(S(=O)(=O)N2Cc3cccc(c3)CN(S(=O)(=O)c3ccc(C)cc3)[C@@H](C)C(=O)NCCNC(=O)[C@@H]2C)cc1. The summed E-state index contributed by atoms with van der Waals surface area (Å²) in [6, 6.07) is 17.5. The molecule has 1 heterocycles. The molecule has 0 saturated heterocycles. The van der Waals surface area contributed by atoms with Crippen LogP contribution >= 0.6 is 0 Å². The van der Waals surface area contributed by atoms with Gasteiger partial charge in [-0.15, -0.1) is 0 Å². The number of carbonyl (C=O) groups excluding carboxylic acids is 2. The summed E-state index contributed by atoms with van der Waals surface area (Å²) in [7, 11) is -8.20. The van der Waals surface area contributed by atoms with Crippen molar-refractivity contribution in [3.63, 3.8) is 0 Å². The zero-order valence-electron chi connectivity index (χ0n) is 24.1. The highest BCUT2D eigenvalue weighted by Crippen LogP contribution is 2.25. The molecule has 0 aromatic heterocycles. The van der Waals surface area contributed by atoms with Crippen LogP contribution < -0.4 is 10.6 Å². The van der Waals surface area contributed by atoms with E-state index < -0.39 is 43.9 Å². The van der Waals surface area contributed by atoms with Crippen LogP contribution in [-0.2, 0) is 42.7 Å². The van der Waals surface area contributed by atoms with E-state index >= 15 is 0 Å². The second-order valence-corrected chi connectivity index (χ2v) is 14.3. The minimum absolute atomic E-state index is 0.0263. The number of carbonyl (C=O) groups is 2. The lowest BCUT2D eigenvalue weighted by atomic mass is 10.1. The Morgan fingerprint density at radius 2 is 0.976 bits per heavy atom. The number of aryl methyl sites for hydroxylation is 2. The Bertz CT molecular complexity index is 1540. The molecule has 12 heteroatoms. The van der Waals surface area contributed by atoms with Gasteiger partial charge in [-0.3, -0.25) is 9.59 Å². The third kappa shape index (κ3) is 6.89. The van der Waals surface area contributed by atoms with Gasteiger partial charge < -0.3 is 10.6 Å². The number of nitrogens with zero attached hydrogens (tertiary/aromatic N) is 2. The van der Waals surface area contributed by atoms with Gasteiger partial charge >= 0.3 is 0 Å². The fourth-order valence-electron chi connectivity index (χ4n) is 4.67. The lowest BCUT2D eigenvalue weighted by Crippen LogP contribution is -2.50. The molecule has 0 saturated carbocycles. The summed E-state index contributed by atoms with van der Waals surface area (Å²) >= 11 is 0. The van der Waals surface area contributed by atoms with Gasteiger partial charge in [-0.1, -0.05) is 59.7 Å². The molecule has 0 spiro atoms. The first kappa shape index (κ1) is 31.4. The fraction of sp³-hybridized carbons (Fsp3) is 0.333. The van der Waals surface area contributed by atoms with E-state index in [4.69, 9.17) is 0 Å². The highest BCUT2D eigenvalue weighted by Gasteiger charge is 2.35. The molecular weight excluding hydrogens is 576 g/mol. The van der Waals surface area contributed by atoms with Crippen LogP contribution in [-0.4, -0.2) is 62.4 Å². The van der Waals surface area contributed by atoms with Crippen LogP contribution in [0.25, 0.3) is 0 Å². The van der Waals surface area contributed by atoms with Crippen molar-refractivity contribution in [2.45, 2.75) is 62.7 Å². The van der Waals surface area contributed by atoms with Crippen molar-refractivity contribution < 1.29 is 26.4 Å². The van der Waals surface area contributed by atoms with Crippen molar-refractivity contribution in [2.75, 3.05) is 13.1 Å². The maximum atomic E-state index is 13.8. The number of fused-ring (bicyclic) bond motifs is 2. The van der Waals surface area contributed by atoms with E-state index in [9.17, 15) is 26.4 Å². The monoisotopic (exact) mass is 612 g/mol. The summed E-state index contributed by atoms with van der Waals surface area (Å²) in [6.45, 7) is 6.52. The first-order chi connectivity index (χ1) is 19.8. The Morgan fingerprint density at radius 1 is 0.619 bits per heavy atom. The minimum Gasteiger partial charge on any atom is -0.353 e. The van der Waals surface area contributed by atoms with E-state index in [-0.39, 0.29) is 36.0 Å². The minimum atomic E-state index is -4.10. The van der Waals surface area contributed by atoms with Crippen LogP contribution in [0.15, 0.2) is 82.6 Å². The maximum absolute atomic E-state index is 13.8. The molecule has 4 rings (SSSR count). The summed E-state index contributed by atoms with van der Waals surface area (Å²) in [5, 5.41) is 5.38. The van der Waals surface area contributed by atoms with Crippen LogP contribution in [0.2, 0.25) is 0 Å². The number of amides is 2. The Hall–Kier alpha value is -3.58. The van der Waals surface area contributed by atoms with E-state index in [1.165, 1.54) is 38.1 Å². The molecule has 2 N–H and O–H groups in total. The predicted molar refractivity (Wildman–Crippen MR) is 159 cm³/mol. The average molecular weight is 613 g/mol. The standard InChI is InChI=1S/C30H36N4O6S2/c1-21-8-12-27(13-9-21)41(37,38)33-19-25-6-5-7-26(18-25)20-34(42(39,40)28-14-10-22(2)11-15-28)24(4)30(36)32-17-16-31-29(35)23(33)3/h5-15,18,23-24H,16-17,19-20H2,1-4H3,(H,31,35)(H,32,36)/t23-,24-/m0/s1. The molecule has 10 nitrogen and oxygen atoms in total. The fourth-order valence-corrected chi connectivity index (χ4v) is 7.83. The van der Waals surface area contributed by atoms with E-state index in [1.807, 2.05) is 13.8 Å². The molecule has 3 aromatic carbocycles. The van der Waals surface area contributed by atoms with E-state index in [0.717, 1.165) is 19.7 Å². The number of hydrogen-bond acceptors (Lipinski definition) is 6. The summed E-state index contributed by atoms with van der Waals surface area (Å²) in [6.07, 6.45) is 0. The van der Waals surface area contributed by atoms with Gasteiger partial charge in [-0.25, -0.2) is 16.8 Å². The number of benzene rings is 3. The van der Waals surface area contributed by atoms with Gasteiger partial charge in [0.1, 0.15) is 12.1 Å².